The molecule has 0 amide bonds. The molecule has 4 heteroatoms. The maximum Gasteiger partial charge on any atom is 0.115 e. The predicted molar refractivity (Wildman–Crippen MR) is 58.0 cm³/mol. The summed E-state index contributed by atoms with van der Waals surface area (Å²) in [4.78, 5) is 12.1. The molecule has 2 aromatic rings. The molecule has 0 saturated carbocycles. The van der Waals surface area contributed by atoms with Crippen molar-refractivity contribution in [3.05, 3.63) is 42.7 Å². The van der Waals surface area contributed by atoms with Crippen LogP contribution in [0, 0.1) is 0 Å². The number of nitrogens with zero attached hydrogens (tertiary/aromatic N) is 3. The quantitative estimate of drug-likeness (QED) is 0.810. The van der Waals surface area contributed by atoms with Crippen LogP contribution in [0.2, 0.25) is 0 Å². The van der Waals surface area contributed by atoms with Gasteiger partial charge in [0.2, 0.25) is 0 Å². The van der Waals surface area contributed by atoms with Gasteiger partial charge in [0.25, 0.3) is 0 Å². The van der Waals surface area contributed by atoms with Crippen molar-refractivity contribution in [3.63, 3.8) is 0 Å². The number of rotatable bonds is 3. The van der Waals surface area contributed by atoms with Crippen LogP contribution in [0.3, 0.4) is 0 Å². The number of pyridine rings is 1. The second-order valence-electron chi connectivity index (χ2n) is 3.24. The zero-order valence-corrected chi connectivity index (χ0v) is 8.51. The van der Waals surface area contributed by atoms with E-state index in [2.05, 4.69) is 26.3 Å². The van der Waals surface area contributed by atoms with Gasteiger partial charge in [-0.2, -0.15) is 0 Å². The Morgan fingerprint density at radius 1 is 1.00 bits per heavy atom. The van der Waals surface area contributed by atoms with E-state index in [9.17, 15) is 0 Å². The normalized spacial score (nSPS) is 10.2. The Kier molecular flexibility index (Phi) is 2.99. The molecular formula is C11H12N4. The van der Waals surface area contributed by atoms with E-state index in [1.54, 1.807) is 12.4 Å². The van der Waals surface area contributed by atoms with E-state index < -0.39 is 0 Å². The third-order valence-electron chi connectivity index (χ3n) is 2.07. The Morgan fingerprint density at radius 2 is 1.73 bits per heavy atom. The van der Waals surface area contributed by atoms with Gasteiger partial charge in [0.1, 0.15) is 6.33 Å². The molecule has 0 aliphatic carbocycles. The van der Waals surface area contributed by atoms with Gasteiger partial charge >= 0.3 is 0 Å². The van der Waals surface area contributed by atoms with E-state index in [1.165, 1.54) is 6.33 Å². The molecule has 0 aromatic carbocycles. The van der Waals surface area contributed by atoms with Crippen LogP contribution in [-0.4, -0.2) is 22.0 Å². The highest BCUT2D eigenvalue weighted by molar-refractivity contribution is 5.60. The number of nitrogens with one attached hydrogen (secondary N) is 1. The number of hydrogen-bond donors (Lipinski definition) is 1. The van der Waals surface area contributed by atoms with Gasteiger partial charge in [-0.3, -0.25) is 4.98 Å². The topological polar surface area (TPSA) is 50.7 Å². The van der Waals surface area contributed by atoms with Crippen LogP contribution in [0.5, 0.6) is 0 Å². The molecule has 0 unspecified atom stereocenters. The van der Waals surface area contributed by atoms with E-state index >= 15 is 0 Å². The molecule has 0 spiro atoms. The minimum Gasteiger partial charge on any atom is -0.316 e. The molecule has 0 bridgehead atoms. The molecule has 4 nitrogen and oxygen atoms in total. The van der Waals surface area contributed by atoms with E-state index in [0.29, 0.717) is 0 Å². The molecule has 0 aliphatic heterocycles. The van der Waals surface area contributed by atoms with Gasteiger partial charge in [-0.25, -0.2) is 9.97 Å². The van der Waals surface area contributed by atoms with Crippen LogP contribution >= 0.6 is 0 Å². The highest BCUT2D eigenvalue weighted by Crippen LogP contribution is 2.16. The van der Waals surface area contributed by atoms with Gasteiger partial charge in [0.05, 0.1) is 0 Å². The van der Waals surface area contributed by atoms with Crippen molar-refractivity contribution in [1.82, 2.24) is 20.3 Å². The average Bonchev–Trinajstić information content (AvgIpc) is 2.31. The molecule has 2 heterocycles. The highest BCUT2D eigenvalue weighted by atomic mass is 14.8. The van der Waals surface area contributed by atoms with E-state index in [1.807, 2.05) is 19.4 Å². The molecular weight excluding hydrogens is 188 g/mol. The zero-order valence-electron chi connectivity index (χ0n) is 8.51. The van der Waals surface area contributed by atoms with Gasteiger partial charge < -0.3 is 5.32 Å². The summed E-state index contributed by atoms with van der Waals surface area (Å²) in [7, 11) is 1.91. The van der Waals surface area contributed by atoms with Crippen molar-refractivity contribution < 1.29 is 0 Å². The summed E-state index contributed by atoms with van der Waals surface area (Å²) in [6.07, 6.45) is 8.76. The van der Waals surface area contributed by atoms with Crippen molar-refractivity contribution in [3.8, 4) is 11.1 Å². The molecule has 2 aromatic heterocycles. The van der Waals surface area contributed by atoms with Crippen LogP contribution in [0.1, 0.15) is 5.56 Å². The van der Waals surface area contributed by atoms with Gasteiger partial charge in [0.15, 0.2) is 0 Å². The maximum atomic E-state index is 4.18. The third kappa shape index (κ3) is 2.35. The fourth-order valence-electron chi connectivity index (χ4n) is 1.39. The van der Waals surface area contributed by atoms with Gasteiger partial charge in [-0.1, -0.05) is 0 Å². The van der Waals surface area contributed by atoms with Crippen LogP contribution in [0.15, 0.2) is 37.2 Å². The Labute approximate surface area is 88.4 Å². The van der Waals surface area contributed by atoms with Crippen molar-refractivity contribution in [2.24, 2.45) is 0 Å². The van der Waals surface area contributed by atoms with Crippen LogP contribution in [0.25, 0.3) is 11.1 Å². The first-order valence-electron chi connectivity index (χ1n) is 4.74. The molecule has 15 heavy (non-hydrogen) atoms. The molecule has 0 aliphatic rings. The molecule has 2 rings (SSSR count). The minimum atomic E-state index is 0.814. The lowest BCUT2D eigenvalue weighted by Gasteiger charge is -2.03. The number of hydrogen-bond acceptors (Lipinski definition) is 4. The highest BCUT2D eigenvalue weighted by Gasteiger charge is 1.99. The molecule has 76 valence electrons. The monoisotopic (exact) mass is 200 g/mol. The first kappa shape index (κ1) is 9.73. The second kappa shape index (κ2) is 4.61. The van der Waals surface area contributed by atoms with Gasteiger partial charge in [-0.15, -0.1) is 0 Å². The lowest BCUT2D eigenvalue weighted by molar-refractivity contribution is 0.813. The standard InChI is InChI=1S/C11H12N4/c1-12-3-9-2-10(5-13-4-9)11-6-14-8-15-7-11/h2,4-8,12H,3H2,1H3. The summed E-state index contributed by atoms with van der Waals surface area (Å²) in [6, 6.07) is 2.09. The molecule has 0 fully saturated rings. The maximum absolute atomic E-state index is 4.18. The Bertz CT molecular complexity index is 428. The fraction of sp³-hybridized carbons (Fsp3) is 0.182. The average molecular weight is 200 g/mol. The van der Waals surface area contributed by atoms with Crippen molar-refractivity contribution >= 4 is 0 Å². The van der Waals surface area contributed by atoms with Gasteiger partial charge in [-0.05, 0) is 18.7 Å². The van der Waals surface area contributed by atoms with Crippen LogP contribution in [-0.2, 0) is 6.54 Å². The van der Waals surface area contributed by atoms with Crippen LogP contribution in [0.4, 0.5) is 0 Å². The predicted octanol–water partition coefficient (Wildman–Crippen LogP) is 1.26. The van der Waals surface area contributed by atoms with Crippen molar-refractivity contribution in [2.75, 3.05) is 7.05 Å². The van der Waals surface area contributed by atoms with Crippen molar-refractivity contribution in [2.45, 2.75) is 6.54 Å². The minimum absolute atomic E-state index is 0.814. The summed E-state index contributed by atoms with van der Waals surface area (Å²) in [5.41, 5.74) is 3.19. The van der Waals surface area contributed by atoms with E-state index in [-0.39, 0.29) is 0 Å². The summed E-state index contributed by atoms with van der Waals surface area (Å²) < 4.78 is 0. The first-order valence-corrected chi connectivity index (χ1v) is 4.74. The van der Waals surface area contributed by atoms with Crippen LogP contribution < -0.4 is 5.32 Å². The Morgan fingerprint density at radius 3 is 2.47 bits per heavy atom. The van der Waals surface area contributed by atoms with E-state index in [0.717, 1.165) is 23.2 Å². The molecule has 0 atom stereocenters. The summed E-state index contributed by atoms with van der Waals surface area (Å²) >= 11 is 0. The molecule has 0 radical (unpaired) electrons. The fourth-order valence-corrected chi connectivity index (χ4v) is 1.39. The third-order valence-corrected chi connectivity index (χ3v) is 2.07. The van der Waals surface area contributed by atoms with E-state index in [4.69, 9.17) is 0 Å². The first-order chi connectivity index (χ1) is 7.40. The Hall–Kier alpha value is -1.81. The van der Waals surface area contributed by atoms with Crippen molar-refractivity contribution in [1.29, 1.82) is 0 Å². The second-order valence-corrected chi connectivity index (χ2v) is 3.24. The summed E-state index contributed by atoms with van der Waals surface area (Å²) in [5, 5.41) is 3.09. The smallest absolute Gasteiger partial charge is 0.115 e. The summed E-state index contributed by atoms with van der Waals surface area (Å²) in [5.74, 6) is 0. The Balaban J connectivity index is 2.33. The summed E-state index contributed by atoms with van der Waals surface area (Å²) in [6.45, 7) is 0.814. The lowest BCUT2D eigenvalue weighted by Crippen LogP contribution is -2.05. The zero-order chi connectivity index (χ0) is 10.5. The SMILES string of the molecule is CNCc1cncc(-c2cncnc2)c1. The number of aromatic nitrogens is 3. The van der Waals surface area contributed by atoms with Gasteiger partial charge in [0, 0.05) is 42.5 Å². The lowest BCUT2D eigenvalue weighted by atomic mass is 10.1. The largest absolute Gasteiger partial charge is 0.316 e. The molecule has 1 N–H and O–H groups in total. The molecule has 0 saturated heterocycles.